The van der Waals surface area contributed by atoms with E-state index >= 15 is 0 Å². The highest BCUT2D eigenvalue weighted by Crippen LogP contribution is 1.94. The van der Waals surface area contributed by atoms with Gasteiger partial charge in [0.05, 0.1) is 19.1 Å². The highest BCUT2D eigenvalue weighted by atomic mass is 19.1. The van der Waals surface area contributed by atoms with Gasteiger partial charge in [0.15, 0.2) is 0 Å². The van der Waals surface area contributed by atoms with Crippen molar-refractivity contribution in [3.05, 3.63) is 18.5 Å². The van der Waals surface area contributed by atoms with Crippen LogP contribution in [0.25, 0.3) is 0 Å². The molecule has 70 valence electrons. The van der Waals surface area contributed by atoms with E-state index in [1.807, 2.05) is 13.8 Å². The second-order valence-corrected chi connectivity index (χ2v) is 1.90. The fraction of sp³-hybridized carbons (Fsp3) is 0.625. The third kappa shape index (κ3) is 3.48. The molecule has 0 aliphatic carbocycles. The molecule has 0 aromatic carbocycles. The van der Waals surface area contributed by atoms with Gasteiger partial charge in [-0.1, -0.05) is 13.8 Å². The average Bonchev–Trinajstić information content (AvgIpc) is 2.51. The zero-order chi connectivity index (χ0) is 9.40. The molecule has 1 aromatic heterocycles. The van der Waals surface area contributed by atoms with E-state index in [-0.39, 0.29) is 5.95 Å². The van der Waals surface area contributed by atoms with Crippen LogP contribution in [0.15, 0.2) is 12.5 Å². The lowest BCUT2D eigenvalue weighted by molar-refractivity contribution is 0.183. The summed E-state index contributed by atoms with van der Waals surface area (Å²) in [5.41, 5.74) is 0. The molecule has 0 spiro atoms. The largest absolute Gasteiger partial charge is 0.383 e. The molecule has 0 aliphatic rings. The van der Waals surface area contributed by atoms with Gasteiger partial charge in [-0.25, -0.2) is 4.98 Å². The second kappa shape index (κ2) is 6.79. The van der Waals surface area contributed by atoms with E-state index in [1.54, 1.807) is 7.11 Å². The monoisotopic (exact) mass is 174 g/mol. The topological polar surface area (TPSA) is 27.1 Å². The second-order valence-electron chi connectivity index (χ2n) is 1.90. The van der Waals surface area contributed by atoms with Gasteiger partial charge in [0, 0.05) is 13.7 Å². The van der Waals surface area contributed by atoms with Gasteiger partial charge >= 0.3 is 0 Å². The number of nitrogens with zero attached hydrogens (tertiary/aromatic N) is 2. The van der Waals surface area contributed by atoms with E-state index in [0.29, 0.717) is 13.2 Å². The van der Waals surface area contributed by atoms with Crippen LogP contribution in [-0.4, -0.2) is 23.3 Å². The molecule has 0 N–H and O–H groups in total. The molecule has 3 nitrogen and oxygen atoms in total. The number of ether oxygens (including phenoxy) is 1. The fourth-order valence-corrected chi connectivity index (χ4v) is 0.659. The van der Waals surface area contributed by atoms with Crippen LogP contribution in [0.3, 0.4) is 0 Å². The Labute approximate surface area is 72.2 Å². The molecule has 0 radical (unpaired) electrons. The molecule has 0 saturated heterocycles. The highest BCUT2D eigenvalue weighted by molar-refractivity contribution is 4.78. The number of methoxy groups -OCH3 is 1. The standard InChI is InChI=1S/C6H9FN2O.C2H6/c1-10-3-2-9-5-8-4-6(9)7;1-2/h4-5H,2-3H2,1H3;1-2H3. The van der Waals surface area contributed by atoms with Gasteiger partial charge in [-0.05, 0) is 0 Å². The van der Waals surface area contributed by atoms with Crippen molar-refractivity contribution in [2.45, 2.75) is 20.4 Å². The highest BCUT2D eigenvalue weighted by Gasteiger charge is 1.97. The SMILES string of the molecule is CC.COCCn1cncc1F. The lowest BCUT2D eigenvalue weighted by Crippen LogP contribution is -2.04. The molecule has 0 bridgehead atoms. The molecule has 0 amide bonds. The minimum atomic E-state index is -0.322. The Morgan fingerprint density at radius 1 is 1.58 bits per heavy atom. The molecule has 0 atom stereocenters. The Kier molecular flexibility index (Phi) is 6.28. The Morgan fingerprint density at radius 2 is 2.25 bits per heavy atom. The maximum Gasteiger partial charge on any atom is 0.213 e. The summed E-state index contributed by atoms with van der Waals surface area (Å²) in [4.78, 5) is 3.61. The Balaban J connectivity index is 0.000000561. The zero-order valence-electron chi connectivity index (χ0n) is 7.75. The van der Waals surface area contributed by atoms with Crippen LogP contribution in [0.2, 0.25) is 0 Å². The summed E-state index contributed by atoms with van der Waals surface area (Å²) in [7, 11) is 1.58. The van der Waals surface area contributed by atoms with Crippen LogP contribution in [0.5, 0.6) is 0 Å². The molecule has 1 heterocycles. The van der Waals surface area contributed by atoms with Gasteiger partial charge in [-0.15, -0.1) is 0 Å². The first-order valence-electron chi connectivity index (χ1n) is 3.99. The van der Waals surface area contributed by atoms with Crippen molar-refractivity contribution in [3.8, 4) is 0 Å². The van der Waals surface area contributed by atoms with Gasteiger partial charge in [0.1, 0.15) is 0 Å². The summed E-state index contributed by atoms with van der Waals surface area (Å²) >= 11 is 0. The molecule has 1 rings (SSSR count). The maximum atomic E-state index is 12.5. The van der Waals surface area contributed by atoms with E-state index in [4.69, 9.17) is 4.74 Å². The van der Waals surface area contributed by atoms with Crippen LogP contribution < -0.4 is 0 Å². The van der Waals surface area contributed by atoms with Gasteiger partial charge in [-0.2, -0.15) is 4.39 Å². The van der Waals surface area contributed by atoms with Crippen LogP contribution in [-0.2, 0) is 11.3 Å². The molecular weight excluding hydrogens is 159 g/mol. The number of imidazole rings is 1. The van der Waals surface area contributed by atoms with Crippen molar-refractivity contribution in [1.29, 1.82) is 0 Å². The van der Waals surface area contributed by atoms with E-state index in [1.165, 1.54) is 17.1 Å². The average molecular weight is 174 g/mol. The number of aromatic nitrogens is 2. The predicted octanol–water partition coefficient (Wildman–Crippen LogP) is 1.69. The minimum Gasteiger partial charge on any atom is -0.383 e. The van der Waals surface area contributed by atoms with Gasteiger partial charge < -0.3 is 9.30 Å². The Bertz CT molecular complexity index is 201. The van der Waals surface area contributed by atoms with Crippen molar-refractivity contribution < 1.29 is 9.13 Å². The lowest BCUT2D eigenvalue weighted by Gasteiger charge is -1.99. The first-order chi connectivity index (χ1) is 5.84. The van der Waals surface area contributed by atoms with Crippen molar-refractivity contribution in [1.82, 2.24) is 9.55 Å². The van der Waals surface area contributed by atoms with Gasteiger partial charge in [-0.3, -0.25) is 0 Å². The first kappa shape index (κ1) is 11.1. The summed E-state index contributed by atoms with van der Waals surface area (Å²) in [5.74, 6) is -0.322. The maximum absolute atomic E-state index is 12.5. The molecule has 0 fully saturated rings. The molecule has 1 aromatic rings. The summed E-state index contributed by atoms with van der Waals surface area (Å²) in [6, 6.07) is 0. The lowest BCUT2D eigenvalue weighted by atomic mass is 10.6. The van der Waals surface area contributed by atoms with Crippen LogP contribution in [0.4, 0.5) is 4.39 Å². The number of hydrogen-bond acceptors (Lipinski definition) is 2. The summed E-state index contributed by atoms with van der Waals surface area (Å²) < 4.78 is 18.7. The molecular formula is C8H15FN2O. The van der Waals surface area contributed by atoms with Crippen molar-refractivity contribution in [2.75, 3.05) is 13.7 Å². The zero-order valence-corrected chi connectivity index (χ0v) is 7.75. The first-order valence-corrected chi connectivity index (χ1v) is 3.99. The third-order valence-electron chi connectivity index (χ3n) is 1.20. The Morgan fingerprint density at radius 3 is 2.67 bits per heavy atom. The summed E-state index contributed by atoms with van der Waals surface area (Å²) in [6.45, 7) is 5.02. The van der Waals surface area contributed by atoms with E-state index in [0.717, 1.165) is 0 Å². The third-order valence-corrected chi connectivity index (χ3v) is 1.20. The fourth-order valence-electron chi connectivity index (χ4n) is 0.659. The smallest absolute Gasteiger partial charge is 0.213 e. The van der Waals surface area contributed by atoms with Crippen LogP contribution in [0, 0.1) is 5.95 Å². The van der Waals surface area contributed by atoms with E-state index in [2.05, 4.69) is 4.98 Å². The van der Waals surface area contributed by atoms with Crippen molar-refractivity contribution >= 4 is 0 Å². The predicted molar refractivity (Wildman–Crippen MR) is 45.4 cm³/mol. The molecule has 0 unspecified atom stereocenters. The summed E-state index contributed by atoms with van der Waals surface area (Å²) in [5, 5.41) is 0. The van der Waals surface area contributed by atoms with Gasteiger partial charge in [0.25, 0.3) is 0 Å². The molecule has 0 saturated carbocycles. The summed E-state index contributed by atoms with van der Waals surface area (Å²) in [6.07, 6.45) is 2.62. The van der Waals surface area contributed by atoms with E-state index in [9.17, 15) is 4.39 Å². The molecule has 4 heteroatoms. The quantitative estimate of drug-likeness (QED) is 0.697. The van der Waals surface area contributed by atoms with Crippen molar-refractivity contribution in [3.63, 3.8) is 0 Å². The van der Waals surface area contributed by atoms with E-state index < -0.39 is 0 Å². The normalized spacial score (nSPS) is 9.00. The molecule has 12 heavy (non-hydrogen) atoms. The Hall–Kier alpha value is -0.900. The number of halogens is 1. The van der Waals surface area contributed by atoms with Crippen LogP contribution >= 0.6 is 0 Å². The van der Waals surface area contributed by atoms with Crippen molar-refractivity contribution in [2.24, 2.45) is 0 Å². The number of hydrogen-bond donors (Lipinski definition) is 0. The van der Waals surface area contributed by atoms with Crippen LogP contribution in [0.1, 0.15) is 13.8 Å². The molecule has 0 aliphatic heterocycles. The number of rotatable bonds is 3. The minimum absolute atomic E-state index is 0.322. The van der Waals surface area contributed by atoms with Gasteiger partial charge in [0.2, 0.25) is 5.95 Å².